The number of rotatable bonds is 3. The molecule has 7 heteroatoms. The maximum Gasteiger partial charge on any atom is 0.343 e. The van der Waals surface area contributed by atoms with Crippen molar-refractivity contribution in [1.29, 1.82) is 0 Å². The first-order valence-electron chi connectivity index (χ1n) is 9.93. The number of nitrogens with zero attached hydrogens (tertiary/aromatic N) is 3. The number of nitrogens with one attached hydrogen (secondary N) is 2. The Balaban J connectivity index is 1.08. The number of piperidine rings is 1. The predicted molar refractivity (Wildman–Crippen MR) is 90.2 cm³/mol. The fraction of sp³-hybridized carbons (Fsp3) is 0.833. The highest BCUT2D eigenvalue weighted by atomic mass is 16.2. The molecule has 5 fully saturated rings. The maximum absolute atomic E-state index is 12.6. The van der Waals surface area contributed by atoms with Crippen molar-refractivity contribution in [1.82, 2.24) is 25.0 Å². The van der Waals surface area contributed by atoms with E-state index in [1.54, 1.807) is 4.68 Å². The molecule has 2 heterocycles. The normalized spacial score (nSPS) is 39.0. The quantitative estimate of drug-likeness (QED) is 0.871. The van der Waals surface area contributed by atoms with Crippen LogP contribution >= 0.6 is 0 Å². The van der Waals surface area contributed by atoms with E-state index in [-0.39, 0.29) is 17.8 Å². The molecule has 0 radical (unpaired) electrons. The highest BCUT2D eigenvalue weighted by Crippen LogP contribution is 2.69. The van der Waals surface area contributed by atoms with E-state index in [1.165, 1.54) is 12.8 Å². The summed E-state index contributed by atoms with van der Waals surface area (Å²) in [6.07, 6.45) is 6.56. The highest BCUT2D eigenvalue weighted by Gasteiger charge is 2.67. The molecule has 0 aromatic carbocycles. The molecule has 1 aromatic heterocycles. The van der Waals surface area contributed by atoms with Crippen molar-refractivity contribution in [2.75, 3.05) is 13.1 Å². The van der Waals surface area contributed by atoms with Crippen LogP contribution in [0.3, 0.4) is 0 Å². The van der Waals surface area contributed by atoms with Gasteiger partial charge >= 0.3 is 11.7 Å². The van der Waals surface area contributed by atoms with Gasteiger partial charge in [0.05, 0.1) is 6.04 Å². The minimum atomic E-state index is -0.0877. The number of carbonyl (C=O) groups is 1. The van der Waals surface area contributed by atoms with Crippen LogP contribution in [0.5, 0.6) is 0 Å². The zero-order valence-electron chi connectivity index (χ0n) is 14.4. The van der Waals surface area contributed by atoms with Gasteiger partial charge in [-0.1, -0.05) is 0 Å². The van der Waals surface area contributed by atoms with Crippen molar-refractivity contribution < 1.29 is 4.79 Å². The van der Waals surface area contributed by atoms with Crippen LogP contribution in [0.1, 0.15) is 56.3 Å². The molecule has 25 heavy (non-hydrogen) atoms. The Bertz CT molecular complexity index is 757. The van der Waals surface area contributed by atoms with Crippen LogP contribution in [0.4, 0.5) is 4.79 Å². The molecule has 1 saturated heterocycles. The van der Waals surface area contributed by atoms with Crippen molar-refractivity contribution in [3.8, 4) is 0 Å². The van der Waals surface area contributed by atoms with Gasteiger partial charge in [-0.2, -0.15) is 5.10 Å². The smallest absolute Gasteiger partial charge is 0.335 e. The van der Waals surface area contributed by atoms with E-state index < -0.39 is 0 Å². The van der Waals surface area contributed by atoms with Crippen molar-refractivity contribution in [3.63, 3.8) is 0 Å². The Morgan fingerprint density at radius 3 is 2.36 bits per heavy atom. The molecule has 0 spiro atoms. The van der Waals surface area contributed by atoms with Crippen LogP contribution in [0.25, 0.3) is 0 Å². The van der Waals surface area contributed by atoms with Crippen molar-refractivity contribution in [2.45, 2.75) is 56.5 Å². The van der Waals surface area contributed by atoms with Crippen LogP contribution < -0.4 is 11.0 Å². The van der Waals surface area contributed by atoms with Crippen LogP contribution in [0.2, 0.25) is 0 Å². The van der Waals surface area contributed by atoms with E-state index in [1.807, 2.05) is 4.90 Å². The SMILES string of the molecule is O=C(NC1[C@@H]2C[C@@H]2[C@H]2C[C@@H]12)N1CCC(n2nc(C3CC3)[nH]c2=O)CC1. The van der Waals surface area contributed by atoms with Gasteiger partial charge in [0.15, 0.2) is 0 Å². The second kappa shape index (κ2) is 4.89. The van der Waals surface area contributed by atoms with E-state index in [9.17, 15) is 9.59 Å². The lowest BCUT2D eigenvalue weighted by molar-refractivity contribution is 0.162. The van der Waals surface area contributed by atoms with Crippen LogP contribution in [0, 0.1) is 23.7 Å². The van der Waals surface area contributed by atoms with Crippen molar-refractivity contribution in [2.24, 2.45) is 23.7 Å². The fourth-order valence-corrected chi connectivity index (χ4v) is 5.50. The summed E-state index contributed by atoms with van der Waals surface area (Å²) < 4.78 is 1.63. The number of hydrogen-bond acceptors (Lipinski definition) is 3. The number of aromatic nitrogens is 3. The van der Waals surface area contributed by atoms with Crippen LogP contribution in [-0.2, 0) is 0 Å². The average molecular weight is 343 g/mol. The molecule has 1 aliphatic heterocycles. The molecule has 7 nitrogen and oxygen atoms in total. The molecule has 134 valence electrons. The van der Waals surface area contributed by atoms with Crippen molar-refractivity contribution in [3.05, 3.63) is 16.3 Å². The number of H-pyrrole nitrogens is 1. The second-order valence-electron chi connectivity index (χ2n) is 8.85. The third-order valence-corrected chi connectivity index (χ3v) is 7.27. The van der Waals surface area contributed by atoms with Gasteiger partial charge in [0, 0.05) is 25.0 Å². The summed E-state index contributed by atoms with van der Waals surface area (Å²) in [5, 5.41) is 7.83. The van der Waals surface area contributed by atoms with E-state index in [4.69, 9.17) is 0 Å². The number of fused-ring (bicyclic) bond motifs is 3. The maximum atomic E-state index is 12.6. The van der Waals surface area contributed by atoms with E-state index >= 15 is 0 Å². The van der Waals surface area contributed by atoms with Gasteiger partial charge in [-0.25, -0.2) is 14.3 Å². The molecule has 2 amide bonds. The summed E-state index contributed by atoms with van der Waals surface area (Å²) in [6.45, 7) is 1.42. The molecule has 6 rings (SSSR count). The lowest BCUT2D eigenvalue weighted by atomic mass is 10.1. The third kappa shape index (κ3) is 2.27. The summed E-state index contributed by atoms with van der Waals surface area (Å²) >= 11 is 0. The number of amides is 2. The first-order chi connectivity index (χ1) is 12.2. The fourth-order valence-electron chi connectivity index (χ4n) is 5.50. The molecule has 4 atom stereocenters. The monoisotopic (exact) mass is 343 g/mol. The van der Waals surface area contributed by atoms with E-state index in [2.05, 4.69) is 15.4 Å². The highest BCUT2D eigenvalue weighted by molar-refractivity contribution is 5.75. The summed E-state index contributed by atoms with van der Waals surface area (Å²) in [4.78, 5) is 29.6. The number of urea groups is 1. The molecule has 0 unspecified atom stereocenters. The lowest BCUT2D eigenvalue weighted by Crippen LogP contribution is -2.49. The van der Waals surface area contributed by atoms with Crippen molar-refractivity contribution >= 4 is 6.03 Å². The van der Waals surface area contributed by atoms with Gasteiger partial charge in [-0.3, -0.25) is 4.98 Å². The molecule has 5 aliphatic rings. The lowest BCUT2D eigenvalue weighted by Gasteiger charge is -2.32. The minimum absolute atomic E-state index is 0.0877. The number of likely N-dealkylation sites (tertiary alicyclic amines) is 1. The largest absolute Gasteiger partial charge is 0.343 e. The summed E-state index contributed by atoms with van der Waals surface area (Å²) in [6, 6.07) is 0.664. The van der Waals surface area contributed by atoms with E-state index in [0.717, 1.165) is 55.2 Å². The van der Waals surface area contributed by atoms with Gasteiger partial charge in [0.2, 0.25) is 0 Å². The second-order valence-corrected chi connectivity index (χ2v) is 8.85. The molecule has 4 aliphatic carbocycles. The topological polar surface area (TPSA) is 83.0 Å². The Kier molecular flexibility index (Phi) is 2.81. The molecular formula is C18H25N5O2. The Hall–Kier alpha value is -1.79. The molecular weight excluding hydrogens is 318 g/mol. The van der Waals surface area contributed by atoms with Gasteiger partial charge in [0.25, 0.3) is 0 Å². The zero-order chi connectivity index (χ0) is 16.7. The van der Waals surface area contributed by atoms with Gasteiger partial charge in [0.1, 0.15) is 5.82 Å². The van der Waals surface area contributed by atoms with Crippen LogP contribution in [-0.4, -0.2) is 44.8 Å². The van der Waals surface area contributed by atoms with Gasteiger partial charge < -0.3 is 10.2 Å². The minimum Gasteiger partial charge on any atom is -0.335 e. The first-order valence-corrected chi connectivity index (χ1v) is 9.93. The molecule has 1 aromatic rings. The standard InChI is InChI=1S/C18H25N5O2/c24-17(19-15-13-7-11(13)12-8-14(12)15)22-5-3-10(4-6-22)23-18(25)20-16(21-23)9-1-2-9/h9-15H,1-8H2,(H,19,24)(H,20,21,25)/t11-,12-,13-,14-/m1/s1. The van der Waals surface area contributed by atoms with Gasteiger partial charge in [-0.15, -0.1) is 0 Å². The molecule has 4 saturated carbocycles. The summed E-state index contributed by atoms with van der Waals surface area (Å²) in [5.41, 5.74) is -0.0877. The Morgan fingerprint density at radius 2 is 1.72 bits per heavy atom. The zero-order valence-corrected chi connectivity index (χ0v) is 14.4. The predicted octanol–water partition coefficient (Wildman–Crippen LogP) is 1.45. The summed E-state index contributed by atoms with van der Waals surface area (Å²) in [7, 11) is 0. The number of aromatic amines is 1. The molecule has 0 bridgehead atoms. The van der Waals surface area contributed by atoms with E-state index in [0.29, 0.717) is 25.0 Å². The average Bonchev–Trinajstić information content (AvgIpc) is 3.50. The number of hydrogen-bond donors (Lipinski definition) is 2. The Labute approximate surface area is 146 Å². The summed E-state index contributed by atoms with van der Waals surface area (Å²) in [5.74, 6) is 4.71. The first kappa shape index (κ1) is 14.4. The van der Waals surface area contributed by atoms with Gasteiger partial charge in [-0.05, 0) is 62.2 Å². The number of carbonyl (C=O) groups excluding carboxylic acids is 1. The third-order valence-electron chi connectivity index (χ3n) is 7.27. The Morgan fingerprint density at radius 1 is 1.04 bits per heavy atom. The molecule has 2 N–H and O–H groups in total. The van der Waals surface area contributed by atoms with Crippen LogP contribution in [0.15, 0.2) is 4.79 Å².